The molecule has 0 radical (unpaired) electrons. The summed E-state index contributed by atoms with van der Waals surface area (Å²) in [5.74, 6) is 1.44. The lowest BCUT2D eigenvalue weighted by atomic mass is 9.94. The van der Waals surface area contributed by atoms with Crippen LogP contribution < -0.4 is 10.1 Å². The highest BCUT2D eigenvalue weighted by atomic mass is 16.5. The van der Waals surface area contributed by atoms with E-state index in [1.807, 2.05) is 28.9 Å². The van der Waals surface area contributed by atoms with Gasteiger partial charge in [-0.25, -0.2) is 0 Å². The summed E-state index contributed by atoms with van der Waals surface area (Å²) < 4.78 is 5.16. The minimum atomic E-state index is -0.309. The third-order valence-electron chi connectivity index (χ3n) is 6.04. The van der Waals surface area contributed by atoms with Crippen LogP contribution in [0.15, 0.2) is 24.3 Å². The van der Waals surface area contributed by atoms with Gasteiger partial charge in [0.1, 0.15) is 5.75 Å². The van der Waals surface area contributed by atoms with Crippen LogP contribution in [-0.4, -0.2) is 60.1 Å². The van der Waals surface area contributed by atoms with E-state index < -0.39 is 0 Å². The van der Waals surface area contributed by atoms with Crippen molar-refractivity contribution in [1.29, 1.82) is 0 Å². The first kappa shape index (κ1) is 19.7. The maximum Gasteiger partial charge on any atom is 0.253 e. The van der Waals surface area contributed by atoms with E-state index >= 15 is 0 Å². The summed E-state index contributed by atoms with van der Waals surface area (Å²) in [5, 5.41) is 3.53. The number of carbonyl (C=O) groups excluding carboxylic acids is 2. The highest BCUT2D eigenvalue weighted by Gasteiger charge is 2.50. The van der Waals surface area contributed by atoms with E-state index in [1.54, 1.807) is 19.2 Å². The van der Waals surface area contributed by atoms with Gasteiger partial charge in [0, 0.05) is 38.0 Å². The Hall–Kier alpha value is -2.08. The minimum Gasteiger partial charge on any atom is -0.497 e. The van der Waals surface area contributed by atoms with E-state index in [-0.39, 0.29) is 23.5 Å². The van der Waals surface area contributed by atoms with Crippen LogP contribution in [0.1, 0.15) is 50.4 Å². The minimum absolute atomic E-state index is 0.0401. The Balaban J connectivity index is 1.69. The first-order chi connectivity index (χ1) is 12.9. The number of ether oxygens (including phenoxy) is 1. The topological polar surface area (TPSA) is 61.9 Å². The van der Waals surface area contributed by atoms with Crippen molar-refractivity contribution < 1.29 is 14.3 Å². The lowest BCUT2D eigenvalue weighted by Gasteiger charge is -2.45. The predicted octanol–water partition coefficient (Wildman–Crippen LogP) is 2.49. The molecule has 2 aliphatic heterocycles. The number of amides is 2. The van der Waals surface area contributed by atoms with Crippen molar-refractivity contribution in [2.24, 2.45) is 5.92 Å². The predicted molar refractivity (Wildman–Crippen MR) is 105 cm³/mol. The maximum absolute atomic E-state index is 12.8. The van der Waals surface area contributed by atoms with Crippen LogP contribution in [0.2, 0.25) is 0 Å². The van der Waals surface area contributed by atoms with E-state index in [1.165, 1.54) is 0 Å². The third kappa shape index (κ3) is 3.81. The fourth-order valence-electron chi connectivity index (χ4n) is 4.10. The molecule has 2 saturated heterocycles. The van der Waals surface area contributed by atoms with Crippen molar-refractivity contribution in [3.05, 3.63) is 29.8 Å². The number of nitrogens with one attached hydrogen (secondary N) is 1. The maximum atomic E-state index is 12.8. The zero-order valence-corrected chi connectivity index (χ0v) is 16.8. The Bertz CT molecular complexity index is 680. The normalized spacial score (nSPS) is 23.0. The molecule has 0 aromatic heterocycles. The fraction of sp³-hybridized carbons (Fsp3) is 0.619. The summed E-state index contributed by atoms with van der Waals surface area (Å²) in [7, 11) is 1.61. The average molecular weight is 373 g/mol. The molecule has 0 saturated carbocycles. The second-order valence-corrected chi connectivity index (χ2v) is 7.88. The van der Waals surface area contributed by atoms with Crippen LogP contribution in [0.25, 0.3) is 0 Å². The summed E-state index contributed by atoms with van der Waals surface area (Å²) in [4.78, 5) is 29.5. The van der Waals surface area contributed by atoms with Crippen molar-refractivity contribution in [3.63, 3.8) is 0 Å². The largest absolute Gasteiger partial charge is 0.497 e. The number of benzene rings is 1. The highest BCUT2D eigenvalue weighted by molar-refractivity contribution is 5.94. The summed E-state index contributed by atoms with van der Waals surface area (Å²) in [6.45, 7) is 8.36. The van der Waals surface area contributed by atoms with Crippen LogP contribution >= 0.6 is 0 Å². The molecule has 27 heavy (non-hydrogen) atoms. The number of likely N-dealkylation sites (tertiary alicyclic amines) is 1. The van der Waals surface area contributed by atoms with Gasteiger partial charge < -0.3 is 14.5 Å². The van der Waals surface area contributed by atoms with Gasteiger partial charge in [-0.2, -0.15) is 0 Å². The van der Waals surface area contributed by atoms with Gasteiger partial charge in [-0.1, -0.05) is 20.3 Å². The van der Waals surface area contributed by atoms with Gasteiger partial charge in [0.15, 0.2) is 0 Å². The molecular formula is C21H31N3O3. The number of hydrogen-bond donors (Lipinski definition) is 1. The summed E-state index contributed by atoms with van der Waals surface area (Å²) >= 11 is 0. The van der Waals surface area contributed by atoms with E-state index in [0.29, 0.717) is 24.6 Å². The Kier molecular flexibility index (Phi) is 5.75. The van der Waals surface area contributed by atoms with Gasteiger partial charge in [0.05, 0.1) is 18.8 Å². The molecule has 2 amide bonds. The fourth-order valence-corrected chi connectivity index (χ4v) is 4.10. The number of piperidine rings is 1. The molecule has 2 fully saturated rings. The van der Waals surface area contributed by atoms with Gasteiger partial charge in [0.2, 0.25) is 5.91 Å². The molecule has 1 spiro atoms. The Morgan fingerprint density at radius 1 is 1.30 bits per heavy atom. The van der Waals surface area contributed by atoms with Gasteiger partial charge in [0.25, 0.3) is 5.91 Å². The molecule has 6 nitrogen and oxygen atoms in total. The first-order valence-corrected chi connectivity index (χ1v) is 9.92. The average Bonchev–Trinajstić information content (AvgIpc) is 2.92. The van der Waals surface area contributed by atoms with Crippen LogP contribution in [0, 0.1) is 5.92 Å². The Labute approximate surface area is 161 Å². The SMILES string of the molecule is CCC(C)CN1C(=O)C(C)NC12CCN(C(=O)c1ccc(OC)cc1)CC2. The lowest BCUT2D eigenvalue weighted by molar-refractivity contribution is -0.133. The number of nitrogens with zero attached hydrogens (tertiary/aromatic N) is 2. The molecule has 1 N–H and O–H groups in total. The number of carbonyl (C=O) groups is 2. The molecule has 0 bridgehead atoms. The summed E-state index contributed by atoms with van der Waals surface area (Å²) in [5.41, 5.74) is 0.364. The zero-order valence-electron chi connectivity index (χ0n) is 16.8. The van der Waals surface area contributed by atoms with Crippen molar-refractivity contribution in [3.8, 4) is 5.75 Å². The third-order valence-corrected chi connectivity index (χ3v) is 6.04. The Morgan fingerprint density at radius 3 is 2.48 bits per heavy atom. The van der Waals surface area contributed by atoms with E-state index in [4.69, 9.17) is 4.74 Å². The number of rotatable bonds is 5. The second-order valence-electron chi connectivity index (χ2n) is 7.88. The smallest absolute Gasteiger partial charge is 0.253 e. The van der Waals surface area contributed by atoms with Crippen LogP contribution in [0.3, 0.4) is 0 Å². The summed E-state index contributed by atoms with van der Waals surface area (Å²) in [6.07, 6.45) is 2.58. The van der Waals surface area contributed by atoms with E-state index in [2.05, 4.69) is 19.2 Å². The standard InChI is InChI=1S/C21H31N3O3/c1-5-15(2)14-24-19(25)16(3)22-21(24)10-12-23(13-11-21)20(26)17-6-8-18(27-4)9-7-17/h6-9,15-16,22H,5,10-14H2,1-4H3. The van der Waals surface area contributed by atoms with Crippen LogP contribution in [0.4, 0.5) is 0 Å². The number of hydrogen-bond acceptors (Lipinski definition) is 4. The van der Waals surface area contributed by atoms with Crippen molar-refractivity contribution in [2.45, 2.75) is 51.7 Å². The molecule has 2 heterocycles. The molecular weight excluding hydrogens is 342 g/mol. The van der Waals surface area contributed by atoms with Crippen LogP contribution in [0.5, 0.6) is 5.75 Å². The molecule has 1 aromatic rings. The Morgan fingerprint density at radius 2 is 1.93 bits per heavy atom. The molecule has 6 heteroatoms. The molecule has 148 valence electrons. The highest BCUT2D eigenvalue weighted by Crippen LogP contribution is 2.33. The van der Waals surface area contributed by atoms with Crippen LogP contribution in [-0.2, 0) is 4.79 Å². The lowest BCUT2D eigenvalue weighted by Crippen LogP contribution is -2.60. The first-order valence-electron chi connectivity index (χ1n) is 9.92. The summed E-state index contributed by atoms with van der Waals surface area (Å²) in [6, 6.07) is 7.08. The molecule has 2 unspecified atom stereocenters. The molecule has 2 atom stereocenters. The second kappa shape index (κ2) is 7.89. The molecule has 0 aliphatic carbocycles. The quantitative estimate of drug-likeness (QED) is 0.861. The monoisotopic (exact) mass is 373 g/mol. The number of methoxy groups -OCH3 is 1. The van der Waals surface area contributed by atoms with Gasteiger partial charge in [-0.15, -0.1) is 0 Å². The molecule has 1 aromatic carbocycles. The zero-order chi connectivity index (χ0) is 19.6. The van der Waals surface area contributed by atoms with Gasteiger partial charge in [-0.3, -0.25) is 14.9 Å². The van der Waals surface area contributed by atoms with Crippen molar-refractivity contribution >= 4 is 11.8 Å². The van der Waals surface area contributed by atoms with E-state index in [0.717, 1.165) is 31.6 Å². The van der Waals surface area contributed by atoms with Crippen molar-refractivity contribution in [2.75, 3.05) is 26.7 Å². The van der Waals surface area contributed by atoms with E-state index in [9.17, 15) is 9.59 Å². The van der Waals surface area contributed by atoms with Gasteiger partial charge in [-0.05, 0) is 37.1 Å². The molecule has 2 aliphatic rings. The van der Waals surface area contributed by atoms with Gasteiger partial charge >= 0.3 is 0 Å². The van der Waals surface area contributed by atoms with Crippen molar-refractivity contribution in [1.82, 2.24) is 15.1 Å². The molecule has 3 rings (SSSR count).